The third-order valence-corrected chi connectivity index (χ3v) is 6.25. The van der Waals surface area contributed by atoms with Gasteiger partial charge in [-0.1, -0.05) is 24.3 Å². The second kappa shape index (κ2) is 8.58. The summed E-state index contributed by atoms with van der Waals surface area (Å²) in [6.07, 6.45) is 2.49. The summed E-state index contributed by atoms with van der Waals surface area (Å²) in [6, 6.07) is 16.7. The van der Waals surface area contributed by atoms with Crippen LogP contribution in [0.3, 0.4) is 0 Å². The van der Waals surface area contributed by atoms with E-state index in [9.17, 15) is 5.11 Å². The molecule has 0 spiro atoms. The number of nitrogens with zero attached hydrogens (tertiary/aromatic N) is 3. The average Bonchev–Trinajstić information content (AvgIpc) is 3.23. The lowest BCUT2D eigenvalue weighted by atomic mass is 9.96. The monoisotopic (exact) mass is 420 g/mol. The van der Waals surface area contributed by atoms with Crippen molar-refractivity contribution in [3.8, 4) is 5.69 Å². The molecule has 0 unspecified atom stereocenters. The second-order valence-corrected chi connectivity index (χ2v) is 8.23. The van der Waals surface area contributed by atoms with Gasteiger partial charge in [0.05, 0.1) is 17.8 Å². The van der Waals surface area contributed by atoms with Crippen molar-refractivity contribution in [2.24, 2.45) is 0 Å². The molecule has 2 atom stereocenters. The number of nitrogens with one attached hydrogen (secondary N) is 1. The normalized spacial score (nSPS) is 18.7. The zero-order valence-corrected chi connectivity index (χ0v) is 18.5. The largest absolute Gasteiger partial charge is 0.396 e. The molecule has 1 fully saturated rings. The number of aromatic nitrogens is 2. The van der Waals surface area contributed by atoms with Crippen molar-refractivity contribution in [2.45, 2.75) is 39.3 Å². The molecular weight excluding hydrogens is 392 g/mol. The fourth-order valence-corrected chi connectivity index (χ4v) is 4.83. The Bertz CT molecular complexity index is 1050. The maximum atomic E-state index is 9.43. The lowest BCUT2D eigenvalue weighted by Gasteiger charge is -2.28. The van der Waals surface area contributed by atoms with Gasteiger partial charge in [0, 0.05) is 36.4 Å². The van der Waals surface area contributed by atoms with E-state index in [0.29, 0.717) is 18.1 Å². The van der Waals surface area contributed by atoms with Gasteiger partial charge < -0.3 is 19.9 Å². The number of aliphatic hydroxyl groups is 1. The Morgan fingerprint density at radius 1 is 1.10 bits per heavy atom. The van der Waals surface area contributed by atoms with E-state index in [-0.39, 0.29) is 18.7 Å². The summed E-state index contributed by atoms with van der Waals surface area (Å²) < 4.78 is 2.33. The van der Waals surface area contributed by atoms with Gasteiger partial charge in [0.15, 0.2) is 5.11 Å². The Labute approximate surface area is 183 Å². The Morgan fingerprint density at radius 2 is 1.87 bits per heavy atom. The number of hydrogen-bond acceptors (Lipinski definition) is 3. The highest BCUT2D eigenvalue weighted by Crippen LogP contribution is 2.41. The predicted molar refractivity (Wildman–Crippen MR) is 124 cm³/mol. The van der Waals surface area contributed by atoms with Crippen molar-refractivity contribution in [3.63, 3.8) is 0 Å². The molecule has 3 aromatic rings. The van der Waals surface area contributed by atoms with Crippen LogP contribution in [0.2, 0.25) is 0 Å². The standard InChI is InChI=1S/C24H28N4OS/c1-16-9-4-5-11-21(16)28-17(2)15-19(18(28)3)23-22(20-10-6-7-12-25-20)26-24(30)27(23)13-8-14-29/h4-7,9-12,15,22-23,29H,8,13-14H2,1-3H3,(H,26,30)/t22-,23+/m1/s1. The molecule has 0 amide bonds. The summed E-state index contributed by atoms with van der Waals surface area (Å²) >= 11 is 5.70. The molecular formula is C24H28N4OS. The van der Waals surface area contributed by atoms with E-state index in [4.69, 9.17) is 12.2 Å². The molecule has 0 saturated carbocycles. The first-order chi connectivity index (χ1) is 14.5. The molecule has 156 valence electrons. The molecule has 3 heterocycles. The van der Waals surface area contributed by atoms with Crippen LogP contribution in [0.1, 0.15) is 46.7 Å². The van der Waals surface area contributed by atoms with E-state index in [0.717, 1.165) is 5.69 Å². The molecule has 2 N–H and O–H groups in total. The molecule has 0 aliphatic carbocycles. The topological polar surface area (TPSA) is 53.3 Å². The van der Waals surface area contributed by atoms with Crippen LogP contribution in [0.5, 0.6) is 0 Å². The molecule has 30 heavy (non-hydrogen) atoms. The summed E-state index contributed by atoms with van der Waals surface area (Å²) in [6.45, 7) is 7.31. The molecule has 6 heteroatoms. The van der Waals surface area contributed by atoms with Gasteiger partial charge in [0.25, 0.3) is 0 Å². The predicted octanol–water partition coefficient (Wildman–Crippen LogP) is 4.15. The van der Waals surface area contributed by atoms with Crippen molar-refractivity contribution >= 4 is 17.3 Å². The van der Waals surface area contributed by atoms with Crippen molar-refractivity contribution in [1.82, 2.24) is 19.8 Å². The molecule has 1 aromatic carbocycles. The van der Waals surface area contributed by atoms with Gasteiger partial charge in [-0.15, -0.1) is 0 Å². The molecule has 5 nitrogen and oxygen atoms in total. The van der Waals surface area contributed by atoms with Gasteiger partial charge in [-0.25, -0.2) is 0 Å². The van der Waals surface area contributed by atoms with Gasteiger partial charge >= 0.3 is 0 Å². The van der Waals surface area contributed by atoms with E-state index in [1.165, 1.54) is 28.2 Å². The number of pyridine rings is 1. The fourth-order valence-electron chi connectivity index (χ4n) is 4.50. The number of thiocarbonyl (C=S) groups is 1. The maximum Gasteiger partial charge on any atom is 0.170 e. The minimum absolute atomic E-state index is 0.0166. The summed E-state index contributed by atoms with van der Waals surface area (Å²) in [7, 11) is 0. The number of benzene rings is 1. The molecule has 0 radical (unpaired) electrons. The van der Waals surface area contributed by atoms with Crippen LogP contribution in [0.4, 0.5) is 0 Å². The van der Waals surface area contributed by atoms with Gasteiger partial charge in [0.2, 0.25) is 0 Å². The highest BCUT2D eigenvalue weighted by atomic mass is 32.1. The summed E-state index contributed by atoms with van der Waals surface area (Å²) in [5.74, 6) is 0. The fraction of sp³-hybridized carbons (Fsp3) is 0.333. The van der Waals surface area contributed by atoms with Gasteiger partial charge in [-0.3, -0.25) is 4.98 Å². The summed E-state index contributed by atoms with van der Waals surface area (Å²) in [5.41, 5.74) is 7.03. The van der Waals surface area contributed by atoms with Crippen LogP contribution in [0.25, 0.3) is 5.69 Å². The van der Waals surface area contributed by atoms with E-state index in [1.807, 2.05) is 24.4 Å². The molecule has 2 aromatic heterocycles. The van der Waals surface area contributed by atoms with Crippen molar-refractivity contribution in [1.29, 1.82) is 0 Å². The van der Waals surface area contributed by atoms with E-state index >= 15 is 0 Å². The Kier molecular flexibility index (Phi) is 5.88. The van der Waals surface area contributed by atoms with E-state index < -0.39 is 0 Å². The van der Waals surface area contributed by atoms with Crippen molar-refractivity contribution in [2.75, 3.05) is 13.2 Å². The molecule has 1 saturated heterocycles. The zero-order valence-electron chi connectivity index (χ0n) is 17.7. The molecule has 4 rings (SSSR count). The third kappa shape index (κ3) is 3.61. The first-order valence-corrected chi connectivity index (χ1v) is 10.8. The minimum Gasteiger partial charge on any atom is -0.396 e. The SMILES string of the molecule is Cc1ccccc1-n1c(C)cc([C@H]2[C@@H](c3ccccn3)NC(=S)N2CCCO)c1C. The first kappa shape index (κ1) is 20.6. The number of aliphatic hydroxyl groups excluding tert-OH is 1. The van der Waals surface area contributed by atoms with Gasteiger partial charge in [-0.05, 0) is 74.8 Å². The van der Waals surface area contributed by atoms with Crippen LogP contribution in [0, 0.1) is 20.8 Å². The van der Waals surface area contributed by atoms with Crippen molar-refractivity contribution < 1.29 is 5.11 Å². The van der Waals surface area contributed by atoms with Crippen molar-refractivity contribution in [3.05, 3.63) is 82.9 Å². The lowest BCUT2D eigenvalue weighted by Crippen LogP contribution is -2.31. The highest BCUT2D eigenvalue weighted by Gasteiger charge is 2.41. The summed E-state index contributed by atoms with van der Waals surface area (Å²) in [4.78, 5) is 6.82. The lowest BCUT2D eigenvalue weighted by molar-refractivity contribution is 0.247. The van der Waals surface area contributed by atoms with E-state index in [1.54, 1.807) is 0 Å². The maximum absolute atomic E-state index is 9.43. The molecule has 1 aliphatic rings. The molecule has 1 aliphatic heterocycles. The Balaban J connectivity index is 1.83. The summed E-state index contributed by atoms with van der Waals surface area (Å²) in [5, 5.41) is 13.6. The van der Waals surface area contributed by atoms with Gasteiger partial charge in [-0.2, -0.15) is 0 Å². The minimum atomic E-state index is -0.0387. The Hall–Kier alpha value is -2.70. The quantitative estimate of drug-likeness (QED) is 0.587. The number of aryl methyl sites for hydroxylation is 2. The first-order valence-electron chi connectivity index (χ1n) is 10.4. The van der Waals surface area contributed by atoms with Gasteiger partial charge in [0.1, 0.15) is 0 Å². The number of hydrogen-bond donors (Lipinski definition) is 2. The average molecular weight is 421 g/mol. The smallest absolute Gasteiger partial charge is 0.170 e. The third-order valence-electron chi connectivity index (χ3n) is 5.90. The zero-order chi connectivity index (χ0) is 21.3. The van der Waals surface area contributed by atoms with Crippen LogP contribution < -0.4 is 5.32 Å². The van der Waals surface area contributed by atoms with Crippen LogP contribution >= 0.6 is 12.2 Å². The second-order valence-electron chi connectivity index (χ2n) is 7.85. The van der Waals surface area contributed by atoms with Crippen LogP contribution in [-0.4, -0.2) is 37.8 Å². The highest BCUT2D eigenvalue weighted by molar-refractivity contribution is 7.80. The van der Waals surface area contributed by atoms with Crippen LogP contribution in [-0.2, 0) is 0 Å². The van der Waals surface area contributed by atoms with Crippen LogP contribution in [0.15, 0.2) is 54.7 Å². The van der Waals surface area contributed by atoms with E-state index in [2.05, 4.69) is 70.9 Å². The number of rotatable bonds is 6. The number of para-hydroxylation sites is 1. The Morgan fingerprint density at radius 3 is 2.57 bits per heavy atom. The molecule has 0 bridgehead atoms.